The van der Waals surface area contributed by atoms with Crippen LogP contribution in [0.3, 0.4) is 0 Å². The first-order chi connectivity index (χ1) is 7.25. The van der Waals surface area contributed by atoms with E-state index in [0.717, 1.165) is 0 Å². The predicted octanol–water partition coefficient (Wildman–Crippen LogP) is 1.24. The average Bonchev–Trinajstić information content (AvgIpc) is 2.70. The largest absolute Gasteiger partial charge is 0.399 e. The molecule has 1 amide bonds. The van der Waals surface area contributed by atoms with Crippen LogP contribution in [-0.2, 0) is 0 Å². The molecule has 76 valence electrons. The quantitative estimate of drug-likeness (QED) is 0.640. The molecule has 0 atom stereocenters. The molecule has 1 aromatic heterocycles. The molecule has 0 bridgehead atoms. The molecule has 0 aliphatic heterocycles. The van der Waals surface area contributed by atoms with Crippen molar-refractivity contribution in [2.24, 2.45) is 0 Å². The van der Waals surface area contributed by atoms with Crippen molar-refractivity contribution in [1.29, 1.82) is 0 Å². The van der Waals surface area contributed by atoms with E-state index in [1.165, 1.54) is 6.20 Å². The van der Waals surface area contributed by atoms with Crippen molar-refractivity contribution in [3.63, 3.8) is 0 Å². The number of rotatable bonds is 2. The van der Waals surface area contributed by atoms with Crippen molar-refractivity contribution < 1.29 is 4.79 Å². The summed E-state index contributed by atoms with van der Waals surface area (Å²) in [6, 6.07) is 6.79. The highest BCUT2D eigenvalue weighted by Gasteiger charge is 2.05. The standard InChI is InChI=1S/C10H10N4O/c11-8-3-1-2-7(4-8)10(15)14-9-5-12-13-6-9/h1-6H,11H2,(H,12,13)(H,14,15). The number of H-pyrrole nitrogens is 1. The van der Waals surface area contributed by atoms with Gasteiger partial charge in [-0.05, 0) is 18.2 Å². The highest BCUT2D eigenvalue weighted by Crippen LogP contribution is 2.09. The molecule has 5 nitrogen and oxygen atoms in total. The molecule has 0 saturated carbocycles. The number of aromatic amines is 1. The van der Waals surface area contributed by atoms with Crippen molar-refractivity contribution in [3.05, 3.63) is 42.2 Å². The lowest BCUT2D eigenvalue weighted by Crippen LogP contribution is -2.11. The van der Waals surface area contributed by atoms with Crippen molar-refractivity contribution in [1.82, 2.24) is 10.2 Å². The molecular weight excluding hydrogens is 192 g/mol. The molecule has 0 fully saturated rings. The van der Waals surface area contributed by atoms with Crippen LogP contribution in [0.4, 0.5) is 11.4 Å². The van der Waals surface area contributed by atoms with Gasteiger partial charge in [-0.25, -0.2) is 0 Å². The van der Waals surface area contributed by atoms with Gasteiger partial charge in [-0.2, -0.15) is 5.10 Å². The Bertz CT molecular complexity index is 464. The first-order valence-corrected chi connectivity index (χ1v) is 4.41. The second-order valence-electron chi connectivity index (χ2n) is 3.07. The highest BCUT2D eigenvalue weighted by atomic mass is 16.1. The number of hydrogen-bond donors (Lipinski definition) is 3. The number of nitrogens with two attached hydrogens (primary N) is 1. The number of aromatic nitrogens is 2. The Morgan fingerprint density at radius 1 is 1.47 bits per heavy atom. The summed E-state index contributed by atoms with van der Waals surface area (Å²) in [4.78, 5) is 11.7. The van der Waals surface area contributed by atoms with Crippen LogP contribution in [0.2, 0.25) is 0 Å². The fourth-order valence-corrected chi connectivity index (χ4v) is 1.20. The molecular formula is C10H10N4O. The van der Waals surface area contributed by atoms with Crippen LogP contribution in [-0.4, -0.2) is 16.1 Å². The van der Waals surface area contributed by atoms with Crippen LogP contribution in [0.5, 0.6) is 0 Å². The van der Waals surface area contributed by atoms with Crippen LogP contribution >= 0.6 is 0 Å². The normalized spacial score (nSPS) is 9.87. The molecule has 0 spiro atoms. The van der Waals surface area contributed by atoms with Gasteiger partial charge in [0.2, 0.25) is 0 Å². The number of carbonyl (C=O) groups excluding carboxylic acids is 1. The van der Waals surface area contributed by atoms with E-state index in [1.54, 1.807) is 30.5 Å². The second-order valence-corrected chi connectivity index (χ2v) is 3.07. The Kier molecular flexibility index (Phi) is 2.37. The molecule has 2 rings (SSSR count). The van der Waals surface area contributed by atoms with Gasteiger partial charge in [0.1, 0.15) is 0 Å². The van der Waals surface area contributed by atoms with Gasteiger partial charge >= 0.3 is 0 Å². The van der Waals surface area contributed by atoms with Crippen molar-refractivity contribution >= 4 is 17.3 Å². The molecule has 1 aromatic carbocycles. The molecule has 0 unspecified atom stereocenters. The minimum atomic E-state index is -0.205. The monoisotopic (exact) mass is 202 g/mol. The van der Waals surface area contributed by atoms with E-state index in [9.17, 15) is 4.79 Å². The number of nitrogen functional groups attached to an aromatic ring is 1. The predicted molar refractivity (Wildman–Crippen MR) is 57.4 cm³/mol. The van der Waals surface area contributed by atoms with Crippen LogP contribution in [0.25, 0.3) is 0 Å². The maximum absolute atomic E-state index is 11.7. The maximum atomic E-state index is 11.7. The Balaban J connectivity index is 2.15. The molecule has 1 heterocycles. The summed E-state index contributed by atoms with van der Waals surface area (Å²) >= 11 is 0. The number of carbonyl (C=O) groups is 1. The minimum Gasteiger partial charge on any atom is -0.399 e. The Morgan fingerprint density at radius 3 is 3.00 bits per heavy atom. The maximum Gasteiger partial charge on any atom is 0.255 e. The van der Waals surface area contributed by atoms with Gasteiger partial charge in [0.05, 0.1) is 11.9 Å². The van der Waals surface area contributed by atoms with E-state index in [1.807, 2.05) is 0 Å². The smallest absolute Gasteiger partial charge is 0.255 e. The van der Waals surface area contributed by atoms with Gasteiger partial charge in [0, 0.05) is 17.4 Å². The summed E-state index contributed by atoms with van der Waals surface area (Å²) in [6.07, 6.45) is 3.13. The third-order valence-corrected chi connectivity index (χ3v) is 1.90. The lowest BCUT2D eigenvalue weighted by atomic mass is 10.2. The third kappa shape index (κ3) is 2.14. The van der Waals surface area contributed by atoms with Gasteiger partial charge in [-0.3, -0.25) is 9.89 Å². The average molecular weight is 202 g/mol. The van der Waals surface area contributed by atoms with Gasteiger partial charge in [-0.15, -0.1) is 0 Å². The number of nitrogens with zero attached hydrogens (tertiary/aromatic N) is 1. The fraction of sp³-hybridized carbons (Fsp3) is 0. The number of hydrogen-bond acceptors (Lipinski definition) is 3. The Morgan fingerprint density at radius 2 is 2.33 bits per heavy atom. The molecule has 5 heteroatoms. The zero-order valence-electron chi connectivity index (χ0n) is 7.90. The van der Waals surface area contributed by atoms with Crippen LogP contribution in [0.1, 0.15) is 10.4 Å². The summed E-state index contributed by atoms with van der Waals surface area (Å²) in [5.74, 6) is -0.205. The summed E-state index contributed by atoms with van der Waals surface area (Å²) in [7, 11) is 0. The minimum absolute atomic E-state index is 0.205. The molecule has 0 radical (unpaired) electrons. The van der Waals surface area contributed by atoms with Crippen LogP contribution in [0, 0.1) is 0 Å². The molecule has 0 aliphatic carbocycles. The first kappa shape index (κ1) is 9.26. The number of amides is 1. The van der Waals surface area contributed by atoms with Crippen molar-refractivity contribution in [2.45, 2.75) is 0 Å². The van der Waals surface area contributed by atoms with Gasteiger partial charge < -0.3 is 11.1 Å². The van der Waals surface area contributed by atoms with E-state index < -0.39 is 0 Å². The van der Waals surface area contributed by atoms with Crippen molar-refractivity contribution in [2.75, 3.05) is 11.1 Å². The fourth-order valence-electron chi connectivity index (χ4n) is 1.20. The van der Waals surface area contributed by atoms with Crippen molar-refractivity contribution in [3.8, 4) is 0 Å². The topological polar surface area (TPSA) is 83.8 Å². The summed E-state index contributed by atoms with van der Waals surface area (Å²) in [6.45, 7) is 0. The second kappa shape index (κ2) is 3.83. The zero-order chi connectivity index (χ0) is 10.7. The first-order valence-electron chi connectivity index (χ1n) is 4.41. The van der Waals surface area contributed by atoms with E-state index in [-0.39, 0.29) is 5.91 Å². The van der Waals surface area contributed by atoms with Gasteiger partial charge in [0.25, 0.3) is 5.91 Å². The third-order valence-electron chi connectivity index (χ3n) is 1.90. The summed E-state index contributed by atoms with van der Waals surface area (Å²) < 4.78 is 0. The number of benzene rings is 1. The lowest BCUT2D eigenvalue weighted by Gasteiger charge is -2.02. The van der Waals surface area contributed by atoms with Crippen LogP contribution in [0.15, 0.2) is 36.7 Å². The van der Waals surface area contributed by atoms with Gasteiger partial charge in [-0.1, -0.05) is 6.07 Å². The number of anilines is 2. The number of nitrogens with one attached hydrogen (secondary N) is 2. The van der Waals surface area contributed by atoms with Gasteiger partial charge in [0.15, 0.2) is 0 Å². The Hall–Kier alpha value is -2.30. The highest BCUT2D eigenvalue weighted by molar-refractivity contribution is 6.04. The van der Waals surface area contributed by atoms with E-state index in [2.05, 4.69) is 15.5 Å². The van der Waals surface area contributed by atoms with E-state index in [4.69, 9.17) is 5.73 Å². The molecule has 2 aromatic rings. The van der Waals surface area contributed by atoms with E-state index in [0.29, 0.717) is 16.9 Å². The van der Waals surface area contributed by atoms with E-state index >= 15 is 0 Å². The Labute approximate surface area is 86.3 Å². The zero-order valence-corrected chi connectivity index (χ0v) is 7.90. The molecule has 0 saturated heterocycles. The molecule has 4 N–H and O–H groups in total. The molecule has 0 aliphatic rings. The lowest BCUT2D eigenvalue weighted by molar-refractivity contribution is 0.102. The summed E-state index contributed by atoms with van der Waals surface area (Å²) in [5.41, 5.74) is 7.29. The van der Waals surface area contributed by atoms with Crippen LogP contribution < -0.4 is 11.1 Å². The SMILES string of the molecule is Nc1cccc(C(=O)Nc2cn[nH]c2)c1. The summed E-state index contributed by atoms with van der Waals surface area (Å²) in [5, 5.41) is 9.01. The molecule has 15 heavy (non-hydrogen) atoms.